The van der Waals surface area contributed by atoms with Crippen LogP contribution in [0.5, 0.6) is 0 Å². The van der Waals surface area contributed by atoms with Gasteiger partial charge in [0, 0.05) is 34.4 Å². The molecule has 0 unspecified atom stereocenters. The van der Waals surface area contributed by atoms with Crippen molar-refractivity contribution in [3.05, 3.63) is 69.9 Å². The number of nitrogens with one attached hydrogen (secondary N) is 1. The molecule has 29 heavy (non-hydrogen) atoms. The molecule has 0 aromatic heterocycles. The molecule has 1 saturated heterocycles. The third-order valence-electron chi connectivity index (χ3n) is 5.26. The lowest BCUT2D eigenvalue weighted by Crippen LogP contribution is -2.45. The van der Waals surface area contributed by atoms with Crippen molar-refractivity contribution in [1.82, 2.24) is 5.32 Å². The first-order chi connectivity index (χ1) is 14.0. The summed E-state index contributed by atoms with van der Waals surface area (Å²) in [5, 5.41) is 3.34. The van der Waals surface area contributed by atoms with E-state index in [1.807, 2.05) is 6.07 Å². The molecule has 152 valence electrons. The van der Waals surface area contributed by atoms with E-state index >= 15 is 0 Å². The number of carbonyl (C=O) groups excluding carboxylic acids is 1. The number of methoxy groups -OCH3 is 1. The van der Waals surface area contributed by atoms with Gasteiger partial charge in [0.1, 0.15) is 11.4 Å². The van der Waals surface area contributed by atoms with Crippen LogP contribution in [0.1, 0.15) is 15.9 Å². The molecule has 0 radical (unpaired) electrons. The van der Waals surface area contributed by atoms with Gasteiger partial charge in [-0.05, 0) is 30.3 Å². The van der Waals surface area contributed by atoms with Crippen LogP contribution in [0.25, 0.3) is 0 Å². The summed E-state index contributed by atoms with van der Waals surface area (Å²) in [5.41, 5.74) is 0.0875. The fourth-order valence-electron chi connectivity index (χ4n) is 3.83. The van der Waals surface area contributed by atoms with E-state index in [1.54, 1.807) is 43.5 Å². The maximum absolute atomic E-state index is 14.9. The Kier molecular flexibility index (Phi) is 6.06. The zero-order chi connectivity index (χ0) is 20.4. The van der Waals surface area contributed by atoms with E-state index in [-0.39, 0.29) is 30.4 Å². The molecule has 2 heterocycles. The van der Waals surface area contributed by atoms with Gasteiger partial charge in [0.25, 0.3) is 5.91 Å². The Balaban J connectivity index is 1.72. The summed E-state index contributed by atoms with van der Waals surface area (Å²) in [4.78, 5) is 17.4. The second-order valence-electron chi connectivity index (χ2n) is 7.01. The molecule has 2 aromatic rings. The third kappa shape index (κ3) is 3.99. The number of hydrogen-bond donors (Lipinski definition) is 1. The van der Waals surface area contributed by atoms with Gasteiger partial charge in [-0.1, -0.05) is 45.9 Å². The molecular formula is C21H20BrFN2O3S. The van der Waals surface area contributed by atoms with Crippen LogP contribution in [0.4, 0.5) is 4.39 Å². The highest BCUT2D eigenvalue weighted by molar-refractivity contribution is 9.10. The Morgan fingerprint density at radius 1 is 1.38 bits per heavy atom. The number of rotatable bonds is 4. The van der Waals surface area contributed by atoms with Gasteiger partial charge in [0.15, 0.2) is 5.17 Å². The van der Waals surface area contributed by atoms with Gasteiger partial charge in [-0.15, -0.1) is 0 Å². The van der Waals surface area contributed by atoms with Gasteiger partial charge in [0.2, 0.25) is 0 Å². The van der Waals surface area contributed by atoms with E-state index in [2.05, 4.69) is 21.2 Å². The zero-order valence-electron chi connectivity index (χ0n) is 15.7. The van der Waals surface area contributed by atoms with Crippen molar-refractivity contribution in [3.63, 3.8) is 0 Å². The van der Waals surface area contributed by atoms with Gasteiger partial charge >= 0.3 is 0 Å². The summed E-state index contributed by atoms with van der Waals surface area (Å²) in [5.74, 6) is -0.0288. The quantitative estimate of drug-likeness (QED) is 0.721. The van der Waals surface area contributed by atoms with Crippen molar-refractivity contribution in [2.45, 2.75) is 11.6 Å². The average molecular weight is 479 g/mol. The summed E-state index contributed by atoms with van der Waals surface area (Å²) in [6, 6.07) is 13.8. The molecule has 5 nitrogen and oxygen atoms in total. The summed E-state index contributed by atoms with van der Waals surface area (Å²) in [7, 11) is 1.62. The maximum Gasteiger partial charge on any atom is 0.257 e. The van der Waals surface area contributed by atoms with E-state index in [9.17, 15) is 9.18 Å². The number of hydrogen-bond acceptors (Lipinski definition) is 5. The monoisotopic (exact) mass is 478 g/mol. The molecular weight excluding hydrogens is 459 g/mol. The molecule has 8 heteroatoms. The van der Waals surface area contributed by atoms with Crippen LogP contribution >= 0.6 is 27.7 Å². The molecule has 2 aromatic carbocycles. The van der Waals surface area contributed by atoms with Crippen LogP contribution in [-0.4, -0.2) is 43.3 Å². The molecule has 2 aliphatic heterocycles. The molecule has 1 amide bonds. The molecule has 3 atom stereocenters. The largest absolute Gasteiger partial charge is 0.382 e. The van der Waals surface area contributed by atoms with Crippen molar-refractivity contribution < 1.29 is 18.7 Å². The summed E-state index contributed by atoms with van der Waals surface area (Å²) >= 11 is 4.88. The van der Waals surface area contributed by atoms with Gasteiger partial charge < -0.3 is 14.8 Å². The molecule has 0 spiro atoms. The van der Waals surface area contributed by atoms with E-state index < -0.39 is 5.54 Å². The van der Waals surface area contributed by atoms with Gasteiger partial charge in [-0.25, -0.2) is 9.38 Å². The number of thioether (sulfide) groups is 1. The lowest BCUT2D eigenvalue weighted by molar-refractivity contribution is 0.0240. The highest BCUT2D eigenvalue weighted by Gasteiger charge is 2.54. The number of aliphatic imine (C=N–C) groups is 1. The lowest BCUT2D eigenvalue weighted by atomic mass is 9.79. The van der Waals surface area contributed by atoms with Crippen LogP contribution in [0.2, 0.25) is 0 Å². The molecule has 1 fully saturated rings. The number of amidine groups is 1. The van der Waals surface area contributed by atoms with Crippen molar-refractivity contribution in [2.75, 3.05) is 26.1 Å². The van der Waals surface area contributed by atoms with Gasteiger partial charge in [-0.2, -0.15) is 0 Å². The van der Waals surface area contributed by atoms with E-state index in [0.717, 1.165) is 4.47 Å². The Bertz CT molecular complexity index is 943. The second-order valence-corrected chi connectivity index (χ2v) is 8.93. The minimum Gasteiger partial charge on any atom is -0.382 e. The third-order valence-corrected chi connectivity index (χ3v) is 6.75. The molecule has 0 aliphatic carbocycles. The number of benzene rings is 2. The lowest BCUT2D eigenvalue weighted by Gasteiger charge is -2.36. The van der Waals surface area contributed by atoms with Crippen LogP contribution < -0.4 is 5.32 Å². The molecule has 1 N–H and O–H groups in total. The van der Waals surface area contributed by atoms with Gasteiger partial charge in [-0.3, -0.25) is 4.79 Å². The van der Waals surface area contributed by atoms with Crippen LogP contribution in [0.3, 0.4) is 0 Å². The Hall–Kier alpha value is -1.74. The van der Waals surface area contributed by atoms with Crippen LogP contribution in [0.15, 0.2) is 58.0 Å². The minimum absolute atomic E-state index is 0.0753. The van der Waals surface area contributed by atoms with Crippen LogP contribution in [0, 0.1) is 11.7 Å². The fraction of sp³-hybridized carbons (Fsp3) is 0.333. The van der Waals surface area contributed by atoms with Crippen molar-refractivity contribution in [1.29, 1.82) is 0 Å². The predicted octanol–water partition coefficient (Wildman–Crippen LogP) is 3.98. The highest BCUT2D eigenvalue weighted by Crippen LogP contribution is 2.48. The van der Waals surface area contributed by atoms with Gasteiger partial charge in [0.05, 0.1) is 19.3 Å². The number of ether oxygens (including phenoxy) is 2. The Labute approximate surface area is 181 Å². The second kappa shape index (κ2) is 8.55. The SMILES string of the molecule is COC[C@H]1OC[C@]2(c3cc(Br)ccc3F)N=C(NC(=O)c3ccccc3)SC[C@H]12. The number of nitrogens with zero attached hydrogens (tertiary/aromatic N) is 1. The summed E-state index contributed by atoms with van der Waals surface area (Å²) < 4.78 is 26.9. The van der Waals surface area contributed by atoms with Crippen LogP contribution in [-0.2, 0) is 15.0 Å². The topological polar surface area (TPSA) is 59.9 Å². The number of halogens is 2. The standard InChI is InChI=1S/C21H20BrFN2O3S/c1-27-10-18-16-11-29-20(24-19(26)13-5-3-2-4-6-13)25-21(16,12-28-18)15-9-14(22)7-8-17(15)23/h2-9,16,18H,10-12H2,1H3,(H,24,25,26)/t16-,18-,21-/m1/s1. The van der Waals surface area contributed by atoms with Crippen molar-refractivity contribution >= 4 is 38.8 Å². The van der Waals surface area contributed by atoms with E-state index in [4.69, 9.17) is 14.5 Å². The predicted molar refractivity (Wildman–Crippen MR) is 115 cm³/mol. The average Bonchev–Trinajstić information content (AvgIpc) is 3.09. The van der Waals surface area contributed by atoms with E-state index in [0.29, 0.717) is 28.7 Å². The molecule has 0 bridgehead atoms. The van der Waals surface area contributed by atoms with Crippen molar-refractivity contribution in [2.24, 2.45) is 10.9 Å². The molecule has 4 rings (SSSR count). The number of fused-ring (bicyclic) bond motifs is 1. The fourth-order valence-corrected chi connectivity index (χ4v) is 5.41. The Morgan fingerprint density at radius 3 is 2.93 bits per heavy atom. The first-order valence-corrected chi connectivity index (χ1v) is 11.0. The smallest absolute Gasteiger partial charge is 0.257 e. The zero-order valence-corrected chi connectivity index (χ0v) is 18.1. The summed E-state index contributed by atoms with van der Waals surface area (Å²) in [6.45, 7) is 0.633. The first-order valence-electron chi connectivity index (χ1n) is 9.18. The molecule has 0 saturated carbocycles. The first kappa shape index (κ1) is 20.5. The van der Waals surface area contributed by atoms with E-state index in [1.165, 1.54) is 17.8 Å². The number of amides is 1. The normalized spacial score (nSPS) is 26.0. The summed E-state index contributed by atoms with van der Waals surface area (Å²) in [6.07, 6.45) is -0.194. The molecule has 2 aliphatic rings. The Morgan fingerprint density at radius 2 is 2.17 bits per heavy atom. The maximum atomic E-state index is 14.9. The van der Waals surface area contributed by atoms with Crippen molar-refractivity contribution in [3.8, 4) is 0 Å². The minimum atomic E-state index is -0.915. The number of carbonyl (C=O) groups is 1. The highest BCUT2D eigenvalue weighted by atomic mass is 79.9.